The zero-order valence-electron chi connectivity index (χ0n) is 11.9. The van der Waals surface area contributed by atoms with Crippen LogP contribution in [0.2, 0.25) is 5.02 Å². The van der Waals surface area contributed by atoms with Crippen LogP contribution in [0.1, 0.15) is 36.8 Å². The van der Waals surface area contributed by atoms with Crippen molar-refractivity contribution in [3.8, 4) is 0 Å². The standard InChI is InChI=1S/C19H18ClF/c20-16-11-9-15(10-12-16)19(13-5-6-14(19)8-7-13)17-3-1-2-4-18(17)21/h1-4,9-14H,5-8H2. The van der Waals surface area contributed by atoms with Crippen molar-refractivity contribution >= 4 is 11.6 Å². The summed E-state index contributed by atoms with van der Waals surface area (Å²) in [7, 11) is 0. The fourth-order valence-electron chi connectivity index (χ4n) is 4.93. The van der Waals surface area contributed by atoms with Gasteiger partial charge in [-0.1, -0.05) is 41.9 Å². The second-order valence-corrected chi connectivity index (χ2v) is 6.84. The molecule has 0 saturated heterocycles. The molecule has 0 N–H and O–H groups in total. The molecule has 2 bridgehead atoms. The van der Waals surface area contributed by atoms with Crippen molar-refractivity contribution in [1.82, 2.24) is 0 Å². The summed E-state index contributed by atoms with van der Waals surface area (Å²) in [5.74, 6) is 1.05. The minimum atomic E-state index is -0.143. The van der Waals surface area contributed by atoms with Crippen molar-refractivity contribution in [3.05, 3.63) is 70.5 Å². The summed E-state index contributed by atoms with van der Waals surface area (Å²) in [5.41, 5.74) is 1.98. The molecule has 2 saturated carbocycles. The van der Waals surface area contributed by atoms with E-state index in [1.54, 1.807) is 12.1 Å². The van der Waals surface area contributed by atoms with Gasteiger partial charge in [0.25, 0.3) is 0 Å². The molecule has 0 heterocycles. The van der Waals surface area contributed by atoms with E-state index in [2.05, 4.69) is 12.1 Å². The van der Waals surface area contributed by atoms with Crippen molar-refractivity contribution in [3.63, 3.8) is 0 Å². The SMILES string of the molecule is Fc1ccccc1C1(c2ccc(Cl)cc2)C2CCC1CC2. The quantitative estimate of drug-likeness (QED) is 0.678. The van der Waals surface area contributed by atoms with Crippen molar-refractivity contribution in [2.75, 3.05) is 0 Å². The Morgan fingerprint density at radius 2 is 1.43 bits per heavy atom. The van der Waals surface area contributed by atoms with Crippen LogP contribution in [0.15, 0.2) is 48.5 Å². The molecular formula is C19H18ClF. The molecule has 21 heavy (non-hydrogen) atoms. The lowest BCUT2D eigenvalue weighted by atomic mass is 9.67. The first-order chi connectivity index (χ1) is 10.2. The van der Waals surface area contributed by atoms with E-state index in [4.69, 9.17) is 11.6 Å². The molecule has 4 rings (SSSR count). The highest BCUT2D eigenvalue weighted by Crippen LogP contribution is 2.62. The Bertz CT molecular complexity index is 642. The molecule has 2 aromatic carbocycles. The Kier molecular flexibility index (Phi) is 3.08. The number of rotatable bonds is 2. The lowest BCUT2D eigenvalue weighted by Gasteiger charge is -2.36. The molecule has 2 aliphatic rings. The first-order valence-electron chi connectivity index (χ1n) is 7.74. The Balaban J connectivity index is 1.96. The van der Waals surface area contributed by atoms with E-state index in [0.29, 0.717) is 11.8 Å². The van der Waals surface area contributed by atoms with Gasteiger partial charge in [0.1, 0.15) is 5.82 Å². The molecule has 0 radical (unpaired) electrons. The van der Waals surface area contributed by atoms with Crippen LogP contribution in [-0.4, -0.2) is 0 Å². The molecule has 2 fully saturated rings. The Labute approximate surface area is 130 Å². The van der Waals surface area contributed by atoms with Crippen LogP contribution in [0.4, 0.5) is 4.39 Å². The minimum absolute atomic E-state index is 0.0637. The minimum Gasteiger partial charge on any atom is -0.207 e. The van der Waals surface area contributed by atoms with Gasteiger partial charge in [-0.05, 0) is 66.8 Å². The summed E-state index contributed by atoms with van der Waals surface area (Å²) in [6, 6.07) is 15.4. The van der Waals surface area contributed by atoms with Crippen LogP contribution in [0, 0.1) is 17.7 Å². The third-order valence-corrected chi connectivity index (χ3v) is 5.91. The van der Waals surface area contributed by atoms with Gasteiger partial charge in [0.2, 0.25) is 0 Å². The molecule has 2 aromatic rings. The molecule has 0 spiro atoms. The molecule has 2 heteroatoms. The van der Waals surface area contributed by atoms with E-state index in [1.807, 2.05) is 24.3 Å². The third kappa shape index (κ3) is 1.80. The Morgan fingerprint density at radius 3 is 2.00 bits per heavy atom. The fraction of sp³-hybridized carbons (Fsp3) is 0.368. The molecule has 0 atom stereocenters. The first-order valence-corrected chi connectivity index (χ1v) is 8.11. The van der Waals surface area contributed by atoms with E-state index >= 15 is 0 Å². The van der Waals surface area contributed by atoms with Crippen molar-refractivity contribution in [2.45, 2.75) is 31.1 Å². The highest BCUT2D eigenvalue weighted by atomic mass is 35.5. The van der Waals surface area contributed by atoms with Gasteiger partial charge in [0.05, 0.1) is 0 Å². The fourth-order valence-corrected chi connectivity index (χ4v) is 5.05. The predicted octanol–water partition coefficient (Wildman–Crippen LogP) is 5.59. The van der Waals surface area contributed by atoms with E-state index in [1.165, 1.54) is 31.2 Å². The highest BCUT2D eigenvalue weighted by molar-refractivity contribution is 6.30. The lowest BCUT2D eigenvalue weighted by molar-refractivity contribution is 0.372. The van der Waals surface area contributed by atoms with E-state index in [-0.39, 0.29) is 11.2 Å². The van der Waals surface area contributed by atoms with Crippen molar-refractivity contribution < 1.29 is 4.39 Å². The number of hydrogen-bond acceptors (Lipinski definition) is 0. The maximum atomic E-state index is 14.6. The van der Waals surface area contributed by atoms with Gasteiger partial charge < -0.3 is 0 Å². The van der Waals surface area contributed by atoms with Gasteiger partial charge in [-0.15, -0.1) is 0 Å². The smallest absolute Gasteiger partial charge is 0.127 e. The van der Waals surface area contributed by atoms with Crippen LogP contribution in [0.25, 0.3) is 0 Å². The maximum Gasteiger partial charge on any atom is 0.127 e. The van der Waals surface area contributed by atoms with Crippen molar-refractivity contribution in [1.29, 1.82) is 0 Å². The predicted molar refractivity (Wildman–Crippen MR) is 84.1 cm³/mol. The topological polar surface area (TPSA) is 0 Å². The largest absolute Gasteiger partial charge is 0.207 e. The van der Waals surface area contributed by atoms with Crippen LogP contribution < -0.4 is 0 Å². The van der Waals surface area contributed by atoms with Gasteiger partial charge in [-0.25, -0.2) is 4.39 Å². The Morgan fingerprint density at radius 1 is 0.857 bits per heavy atom. The number of fused-ring (bicyclic) bond motifs is 2. The van der Waals surface area contributed by atoms with E-state index in [0.717, 1.165) is 10.6 Å². The third-order valence-electron chi connectivity index (χ3n) is 5.66. The monoisotopic (exact) mass is 300 g/mol. The second-order valence-electron chi connectivity index (χ2n) is 6.40. The molecule has 0 aromatic heterocycles. The molecule has 0 nitrogen and oxygen atoms in total. The average molecular weight is 301 g/mol. The molecule has 0 unspecified atom stereocenters. The summed E-state index contributed by atoms with van der Waals surface area (Å²) in [5, 5.41) is 0.743. The first kappa shape index (κ1) is 13.3. The van der Waals surface area contributed by atoms with Gasteiger partial charge in [-0.3, -0.25) is 0 Å². The van der Waals surface area contributed by atoms with E-state index < -0.39 is 0 Å². The molecule has 0 aliphatic heterocycles. The van der Waals surface area contributed by atoms with Crippen LogP contribution >= 0.6 is 11.6 Å². The molecule has 2 aliphatic carbocycles. The summed E-state index contributed by atoms with van der Waals surface area (Å²) in [6.07, 6.45) is 4.84. The van der Waals surface area contributed by atoms with Crippen LogP contribution in [-0.2, 0) is 5.41 Å². The van der Waals surface area contributed by atoms with Gasteiger partial charge in [0, 0.05) is 10.4 Å². The summed E-state index contributed by atoms with van der Waals surface area (Å²) >= 11 is 6.06. The van der Waals surface area contributed by atoms with Crippen LogP contribution in [0.3, 0.4) is 0 Å². The second kappa shape index (κ2) is 4.84. The number of benzene rings is 2. The average Bonchev–Trinajstić information content (AvgIpc) is 3.04. The van der Waals surface area contributed by atoms with Gasteiger partial charge in [0.15, 0.2) is 0 Å². The maximum absolute atomic E-state index is 14.6. The van der Waals surface area contributed by atoms with Crippen LogP contribution in [0.5, 0.6) is 0 Å². The highest BCUT2D eigenvalue weighted by Gasteiger charge is 2.56. The summed E-state index contributed by atoms with van der Waals surface area (Å²) < 4.78 is 14.6. The lowest BCUT2D eigenvalue weighted by Crippen LogP contribution is -2.34. The molecular weight excluding hydrogens is 283 g/mol. The number of hydrogen-bond donors (Lipinski definition) is 0. The summed E-state index contributed by atoms with van der Waals surface area (Å²) in [4.78, 5) is 0. The normalized spacial score (nSPS) is 30.8. The zero-order valence-corrected chi connectivity index (χ0v) is 12.6. The molecule has 0 amide bonds. The molecule has 108 valence electrons. The van der Waals surface area contributed by atoms with Crippen molar-refractivity contribution in [2.24, 2.45) is 11.8 Å². The number of halogens is 2. The van der Waals surface area contributed by atoms with Gasteiger partial charge >= 0.3 is 0 Å². The van der Waals surface area contributed by atoms with E-state index in [9.17, 15) is 4.39 Å². The summed E-state index contributed by atoms with van der Waals surface area (Å²) in [6.45, 7) is 0. The van der Waals surface area contributed by atoms with Gasteiger partial charge in [-0.2, -0.15) is 0 Å². The zero-order chi connectivity index (χ0) is 14.4. The Hall–Kier alpha value is -1.34.